The molecule has 0 saturated carbocycles. The molecule has 0 unspecified atom stereocenters. The zero-order valence-electron chi connectivity index (χ0n) is 13.8. The molecule has 0 aliphatic heterocycles. The predicted octanol–water partition coefficient (Wildman–Crippen LogP) is 5.22. The van der Waals surface area contributed by atoms with Gasteiger partial charge in [-0.05, 0) is 34.7 Å². The second-order valence-electron chi connectivity index (χ2n) is 5.50. The van der Waals surface area contributed by atoms with Crippen LogP contribution in [-0.2, 0) is 0 Å². The standard InChI is InChI=1S/C19H16F3NO2.ClH/c1-24-17-11-10-16(14-4-2-3-5-15(14)17)18(23)12-6-8-13(9-7-12)25-19(20,21)22;/h2-11,18H,23H2,1H3;1H/t18-;/m1./s1. The smallest absolute Gasteiger partial charge is 0.496 e. The second-order valence-corrected chi connectivity index (χ2v) is 5.50. The first-order valence-electron chi connectivity index (χ1n) is 7.56. The van der Waals surface area contributed by atoms with Crippen LogP contribution in [0, 0.1) is 0 Å². The van der Waals surface area contributed by atoms with Crippen molar-refractivity contribution in [2.75, 3.05) is 7.11 Å². The molecule has 0 aliphatic rings. The third-order valence-corrected chi connectivity index (χ3v) is 3.95. The molecule has 0 amide bonds. The molecule has 0 spiro atoms. The lowest BCUT2D eigenvalue weighted by molar-refractivity contribution is -0.274. The highest BCUT2D eigenvalue weighted by Gasteiger charge is 2.31. The average molecular weight is 384 g/mol. The molecule has 0 aromatic heterocycles. The number of rotatable bonds is 4. The van der Waals surface area contributed by atoms with E-state index in [1.807, 2.05) is 36.4 Å². The minimum atomic E-state index is -4.71. The van der Waals surface area contributed by atoms with Crippen molar-refractivity contribution in [2.24, 2.45) is 5.73 Å². The fourth-order valence-corrected chi connectivity index (χ4v) is 2.80. The lowest BCUT2D eigenvalue weighted by Crippen LogP contribution is -2.17. The normalized spacial score (nSPS) is 12.3. The third kappa shape index (κ3) is 4.20. The van der Waals surface area contributed by atoms with Crippen LogP contribution >= 0.6 is 12.4 Å². The van der Waals surface area contributed by atoms with Gasteiger partial charge in [0.25, 0.3) is 0 Å². The van der Waals surface area contributed by atoms with E-state index in [0.29, 0.717) is 5.56 Å². The Hall–Kier alpha value is -2.44. The maximum Gasteiger partial charge on any atom is 0.573 e. The van der Waals surface area contributed by atoms with E-state index >= 15 is 0 Å². The molecule has 0 heterocycles. The monoisotopic (exact) mass is 383 g/mol. The molecule has 3 aromatic rings. The molecule has 0 radical (unpaired) electrons. The molecular formula is C19H17ClF3NO2. The number of ether oxygens (including phenoxy) is 2. The molecule has 26 heavy (non-hydrogen) atoms. The van der Waals surface area contributed by atoms with Crippen molar-refractivity contribution in [3.8, 4) is 11.5 Å². The molecule has 3 aromatic carbocycles. The van der Waals surface area contributed by atoms with Gasteiger partial charge in [0.1, 0.15) is 11.5 Å². The summed E-state index contributed by atoms with van der Waals surface area (Å²) >= 11 is 0. The summed E-state index contributed by atoms with van der Waals surface area (Å²) in [4.78, 5) is 0. The molecule has 0 fully saturated rings. The van der Waals surface area contributed by atoms with Gasteiger partial charge in [-0.25, -0.2) is 0 Å². The minimum Gasteiger partial charge on any atom is -0.496 e. The zero-order chi connectivity index (χ0) is 18.0. The number of methoxy groups -OCH3 is 1. The lowest BCUT2D eigenvalue weighted by Gasteiger charge is -2.17. The van der Waals surface area contributed by atoms with Gasteiger partial charge >= 0.3 is 6.36 Å². The van der Waals surface area contributed by atoms with E-state index in [2.05, 4.69) is 4.74 Å². The van der Waals surface area contributed by atoms with E-state index < -0.39 is 12.4 Å². The fraction of sp³-hybridized carbons (Fsp3) is 0.158. The molecule has 0 bridgehead atoms. The third-order valence-electron chi connectivity index (χ3n) is 3.95. The van der Waals surface area contributed by atoms with Crippen LogP contribution < -0.4 is 15.2 Å². The van der Waals surface area contributed by atoms with E-state index in [0.717, 1.165) is 22.1 Å². The van der Waals surface area contributed by atoms with Gasteiger partial charge in [-0.15, -0.1) is 25.6 Å². The Bertz CT molecular complexity index is 882. The van der Waals surface area contributed by atoms with E-state index in [1.165, 1.54) is 24.3 Å². The topological polar surface area (TPSA) is 44.5 Å². The van der Waals surface area contributed by atoms with Crippen molar-refractivity contribution < 1.29 is 22.6 Å². The number of halogens is 4. The van der Waals surface area contributed by atoms with Crippen molar-refractivity contribution in [1.82, 2.24) is 0 Å². The molecule has 3 nitrogen and oxygen atoms in total. The Morgan fingerprint density at radius 2 is 1.50 bits per heavy atom. The predicted molar refractivity (Wildman–Crippen MR) is 96.9 cm³/mol. The summed E-state index contributed by atoms with van der Waals surface area (Å²) in [7, 11) is 1.60. The average Bonchev–Trinajstić information content (AvgIpc) is 2.59. The van der Waals surface area contributed by atoms with Crippen molar-refractivity contribution in [2.45, 2.75) is 12.4 Å². The molecule has 3 rings (SSSR count). The van der Waals surface area contributed by atoms with Crippen LogP contribution in [0.15, 0.2) is 60.7 Å². The van der Waals surface area contributed by atoms with Gasteiger partial charge in [0.05, 0.1) is 13.2 Å². The number of benzene rings is 3. The van der Waals surface area contributed by atoms with Gasteiger partial charge in [0.15, 0.2) is 0 Å². The van der Waals surface area contributed by atoms with Crippen LogP contribution in [-0.4, -0.2) is 13.5 Å². The summed E-state index contributed by atoms with van der Waals surface area (Å²) in [6, 6.07) is 16.5. The minimum absolute atomic E-state index is 0. The molecule has 0 aliphatic carbocycles. The largest absolute Gasteiger partial charge is 0.573 e. The maximum atomic E-state index is 12.3. The molecule has 7 heteroatoms. The summed E-state index contributed by atoms with van der Waals surface area (Å²) in [5, 5.41) is 1.86. The van der Waals surface area contributed by atoms with E-state index in [9.17, 15) is 13.2 Å². The fourth-order valence-electron chi connectivity index (χ4n) is 2.80. The van der Waals surface area contributed by atoms with Crippen LogP contribution in [0.3, 0.4) is 0 Å². The molecule has 138 valence electrons. The quantitative estimate of drug-likeness (QED) is 0.672. The summed E-state index contributed by atoms with van der Waals surface area (Å²) in [6.07, 6.45) is -4.71. The Morgan fingerprint density at radius 3 is 2.08 bits per heavy atom. The van der Waals surface area contributed by atoms with Gasteiger partial charge < -0.3 is 15.2 Å². The van der Waals surface area contributed by atoms with Gasteiger partial charge in [-0.2, -0.15) is 0 Å². The first-order valence-corrected chi connectivity index (χ1v) is 7.56. The van der Waals surface area contributed by atoms with Gasteiger partial charge in [-0.1, -0.05) is 42.5 Å². The summed E-state index contributed by atoms with van der Waals surface area (Å²) < 4.78 is 46.0. The van der Waals surface area contributed by atoms with E-state index in [-0.39, 0.29) is 18.2 Å². The zero-order valence-corrected chi connectivity index (χ0v) is 14.6. The van der Waals surface area contributed by atoms with Crippen LogP contribution in [0.5, 0.6) is 11.5 Å². The summed E-state index contributed by atoms with van der Waals surface area (Å²) in [6.45, 7) is 0. The summed E-state index contributed by atoms with van der Waals surface area (Å²) in [5.74, 6) is 0.462. The van der Waals surface area contributed by atoms with Crippen molar-refractivity contribution in [3.05, 3.63) is 71.8 Å². The number of alkyl halides is 3. The number of hydrogen-bond donors (Lipinski definition) is 1. The molecule has 2 N–H and O–H groups in total. The molecular weight excluding hydrogens is 367 g/mol. The summed E-state index contributed by atoms with van der Waals surface area (Å²) in [5.41, 5.74) is 7.89. The highest BCUT2D eigenvalue weighted by Crippen LogP contribution is 2.33. The van der Waals surface area contributed by atoms with Gasteiger partial charge in [0.2, 0.25) is 0 Å². The SMILES string of the molecule is COc1ccc([C@H](N)c2ccc(OC(F)(F)F)cc2)c2ccccc12.Cl. The number of fused-ring (bicyclic) bond motifs is 1. The van der Waals surface area contributed by atoms with E-state index in [1.54, 1.807) is 7.11 Å². The Morgan fingerprint density at radius 1 is 0.885 bits per heavy atom. The molecule has 0 saturated heterocycles. The number of nitrogens with two attached hydrogens (primary N) is 1. The van der Waals surface area contributed by atoms with Crippen LogP contribution in [0.2, 0.25) is 0 Å². The Balaban J connectivity index is 0.00000243. The second kappa shape index (κ2) is 7.85. The highest BCUT2D eigenvalue weighted by atomic mass is 35.5. The van der Waals surface area contributed by atoms with E-state index in [4.69, 9.17) is 10.5 Å². The maximum absolute atomic E-state index is 12.3. The first kappa shape index (κ1) is 19.9. The first-order chi connectivity index (χ1) is 11.9. The van der Waals surface area contributed by atoms with Crippen molar-refractivity contribution in [3.63, 3.8) is 0 Å². The van der Waals surface area contributed by atoms with Crippen LogP contribution in [0.4, 0.5) is 13.2 Å². The lowest BCUT2D eigenvalue weighted by atomic mass is 9.94. The van der Waals surface area contributed by atoms with Crippen LogP contribution in [0.25, 0.3) is 10.8 Å². The number of hydrogen-bond acceptors (Lipinski definition) is 3. The Labute approximate surface area is 154 Å². The van der Waals surface area contributed by atoms with Crippen molar-refractivity contribution in [1.29, 1.82) is 0 Å². The van der Waals surface area contributed by atoms with Gasteiger partial charge in [0, 0.05) is 5.39 Å². The van der Waals surface area contributed by atoms with Gasteiger partial charge in [-0.3, -0.25) is 0 Å². The van der Waals surface area contributed by atoms with Crippen LogP contribution in [0.1, 0.15) is 17.2 Å². The highest BCUT2D eigenvalue weighted by molar-refractivity contribution is 5.91. The van der Waals surface area contributed by atoms with Crippen molar-refractivity contribution >= 4 is 23.2 Å². The Kier molecular flexibility index (Phi) is 6.00. The molecule has 1 atom stereocenters.